The lowest BCUT2D eigenvalue weighted by Crippen LogP contribution is -2.51. The summed E-state index contributed by atoms with van der Waals surface area (Å²) < 4.78 is 31.9. The predicted molar refractivity (Wildman–Crippen MR) is 164 cm³/mol. The number of ether oxygens (including phenoxy) is 5. The van der Waals surface area contributed by atoms with E-state index in [4.69, 9.17) is 23.7 Å². The third kappa shape index (κ3) is 10.5. The van der Waals surface area contributed by atoms with E-state index in [9.17, 15) is 5.11 Å². The van der Waals surface area contributed by atoms with E-state index < -0.39 is 24.4 Å². The van der Waals surface area contributed by atoms with Gasteiger partial charge in [0.15, 0.2) is 0 Å². The molecular weight excluding hydrogens is 528 g/mol. The summed E-state index contributed by atoms with van der Waals surface area (Å²) in [4.78, 5) is 0. The molecular formula is C36H42O6. The van der Waals surface area contributed by atoms with Gasteiger partial charge in [-0.05, 0) is 28.7 Å². The summed E-state index contributed by atoms with van der Waals surface area (Å²) in [6.07, 6.45) is -1.66. The first-order chi connectivity index (χ1) is 20.8. The molecule has 6 nitrogen and oxygen atoms in total. The van der Waals surface area contributed by atoms with Gasteiger partial charge in [0, 0.05) is 13.7 Å². The minimum absolute atomic E-state index is 0.0573. The summed E-state index contributed by atoms with van der Waals surface area (Å²) in [5, 5.41) is 10.1. The van der Waals surface area contributed by atoms with Gasteiger partial charge in [-0.3, -0.25) is 0 Å². The Morgan fingerprint density at radius 3 is 1.29 bits per heavy atom. The number of rotatable bonds is 19. The first-order valence-corrected chi connectivity index (χ1v) is 14.5. The molecule has 4 aromatic carbocycles. The van der Waals surface area contributed by atoms with Crippen LogP contribution in [-0.4, -0.2) is 49.8 Å². The summed E-state index contributed by atoms with van der Waals surface area (Å²) in [6, 6.07) is 40.1. The van der Waals surface area contributed by atoms with E-state index in [1.54, 1.807) is 7.11 Å². The van der Waals surface area contributed by atoms with Crippen molar-refractivity contribution in [2.45, 2.75) is 57.3 Å². The Morgan fingerprint density at radius 2 is 0.881 bits per heavy atom. The largest absolute Gasteiger partial charge is 0.396 e. The molecule has 0 amide bonds. The smallest absolute Gasteiger partial charge is 0.115 e. The zero-order valence-corrected chi connectivity index (χ0v) is 24.3. The van der Waals surface area contributed by atoms with Gasteiger partial charge >= 0.3 is 0 Å². The fourth-order valence-corrected chi connectivity index (χ4v) is 4.77. The quantitative estimate of drug-likeness (QED) is 0.142. The zero-order chi connectivity index (χ0) is 29.2. The molecule has 0 unspecified atom stereocenters. The fraction of sp³-hybridized carbons (Fsp3) is 0.333. The lowest BCUT2D eigenvalue weighted by Gasteiger charge is -2.37. The van der Waals surface area contributed by atoms with Crippen LogP contribution in [0.3, 0.4) is 0 Å². The topological polar surface area (TPSA) is 66.4 Å². The van der Waals surface area contributed by atoms with Crippen LogP contribution in [0.2, 0.25) is 0 Å². The highest BCUT2D eigenvalue weighted by atomic mass is 16.6. The number of aliphatic hydroxyl groups is 1. The maximum atomic E-state index is 10.1. The molecule has 0 radical (unpaired) electrons. The lowest BCUT2D eigenvalue weighted by molar-refractivity contribution is -0.195. The summed E-state index contributed by atoms with van der Waals surface area (Å²) in [7, 11) is 1.66. The van der Waals surface area contributed by atoms with Crippen molar-refractivity contribution in [2.24, 2.45) is 0 Å². The third-order valence-corrected chi connectivity index (χ3v) is 7.04. The first kappa shape index (κ1) is 31.6. The third-order valence-electron chi connectivity index (χ3n) is 7.04. The van der Waals surface area contributed by atoms with Crippen LogP contribution >= 0.6 is 0 Å². The molecule has 0 spiro atoms. The molecule has 0 aliphatic carbocycles. The molecule has 6 heteroatoms. The first-order valence-electron chi connectivity index (χ1n) is 14.5. The van der Waals surface area contributed by atoms with Gasteiger partial charge in [0.2, 0.25) is 0 Å². The molecule has 0 aliphatic rings. The highest BCUT2D eigenvalue weighted by Crippen LogP contribution is 2.24. The van der Waals surface area contributed by atoms with Crippen LogP contribution in [0.1, 0.15) is 28.7 Å². The molecule has 4 atom stereocenters. The van der Waals surface area contributed by atoms with Crippen molar-refractivity contribution in [1.29, 1.82) is 0 Å². The Balaban J connectivity index is 1.59. The monoisotopic (exact) mass is 570 g/mol. The van der Waals surface area contributed by atoms with Crippen LogP contribution in [0.5, 0.6) is 0 Å². The van der Waals surface area contributed by atoms with Gasteiger partial charge in [0.05, 0.1) is 39.1 Å². The van der Waals surface area contributed by atoms with E-state index in [1.807, 2.05) is 121 Å². The van der Waals surface area contributed by atoms with E-state index in [1.165, 1.54) is 0 Å². The standard InChI is InChI=1S/C36H42O6/c1-38-34(28-39-24-29-14-6-2-7-15-29)36(42-27-32-20-12-5-13-21-32)35(41-26-31-18-10-4-11-19-31)33(22-23-37)40-25-30-16-8-3-9-17-30/h2-21,33-37H,22-28H2,1H3/t33-,34+,35-,36+/m0/s1. The van der Waals surface area contributed by atoms with Gasteiger partial charge < -0.3 is 28.8 Å². The van der Waals surface area contributed by atoms with Crippen LogP contribution in [-0.2, 0) is 50.1 Å². The number of benzene rings is 4. The van der Waals surface area contributed by atoms with Crippen LogP contribution in [0.15, 0.2) is 121 Å². The number of hydrogen-bond acceptors (Lipinski definition) is 6. The minimum atomic E-state index is -0.560. The zero-order valence-electron chi connectivity index (χ0n) is 24.3. The number of hydrogen-bond donors (Lipinski definition) is 1. The average Bonchev–Trinajstić information content (AvgIpc) is 3.05. The van der Waals surface area contributed by atoms with Gasteiger partial charge in [-0.25, -0.2) is 0 Å². The Labute approximate surface area is 249 Å². The van der Waals surface area contributed by atoms with E-state index in [0.717, 1.165) is 22.3 Å². The molecule has 0 saturated heterocycles. The molecule has 222 valence electrons. The highest BCUT2D eigenvalue weighted by Gasteiger charge is 2.38. The van der Waals surface area contributed by atoms with Crippen molar-refractivity contribution in [2.75, 3.05) is 20.3 Å². The lowest BCUT2D eigenvalue weighted by atomic mass is 9.99. The molecule has 0 fully saturated rings. The summed E-state index contributed by atoms with van der Waals surface area (Å²) in [6.45, 7) is 1.78. The molecule has 4 rings (SSSR count). The van der Waals surface area contributed by atoms with Crippen molar-refractivity contribution < 1.29 is 28.8 Å². The maximum Gasteiger partial charge on any atom is 0.115 e. The molecule has 42 heavy (non-hydrogen) atoms. The van der Waals surface area contributed by atoms with E-state index in [-0.39, 0.29) is 6.61 Å². The average molecular weight is 571 g/mol. The van der Waals surface area contributed by atoms with Gasteiger partial charge in [0.1, 0.15) is 18.3 Å². The van der Waals surface area contributed by atoms with Crippen molar-refractivity contribution in [3.63, 3.8) is 0 Å². The van der Waals surface area contributed by atoms with Gasteiger partial charge in [-0.1, -0.05) is 121 Å². The van der Waals surface area contributed by atoms with Crippen LogP contribution in [0, 0.1) is 0 Å². The Hall–Kier alpha value is -3.36. The van der Waals surface area contributed by atoms with Crippen LogP contribution < -0.4 is 0 Å². The van der Waals surface area contributed by atoms with E-state index in [2.05, 4.69) is 0 Å². The number of aliphatic hydroxyl groups excluding tert-OH is 1. The summed E-state index contributed by atoms with van der Waals surface area (Å²) in [5.41, 5.74) is 4.19. The normalized spacial score (nSPS) is 14.2. The van der Waals surface area contributed by atoms with Gasteiger partial charge in [-0.2, -0.15) is 0 Å². The van der Waals surface area contributed by atoms with E-state index >= 15 is 0 Å². The Morgan fingerprint density at radius 1 is 0.500 bits per heavy atom. The van der Waals surface area contributed by atoms with Crippen LogP contribution in [0.4, 0.5) is 0 Å². The second-order valence-electron chi connectivity index (χ2n) is 10.1. The molecule has 4 aromatic rings. The number of methoxy groups -OCH3 is 1. The van der Waals surface area contributed by atoms with Crippen molar-refractivity contribution >= 4 is 0 Å². The Bertz CT molecular complexity index is 1220. The molecule has 0 heterocycles. The predicted octanol–water partition coefficient (Wildman–Crippen LogP) is 6.36. The second kappa shape index (κ2) is 18.2. The highest BCUT2D eigenvalue weighted by molar-refractivity contribution is 5.16. The molecule has 0 aromatic heterocycles. The molecule has 0 saturated carbocycles. The van der Waals surface area contributed by atoms with Gasteiger partial charge in [0.25, 0.3) is 0 Å². The van der Waals surface area contributed by atoms with Crippen molar-refractivity contribution in [3.8, 4) is 0 Å². The van der Waals surface area contributed by atoms with Gasteiger partial charge in [-0.15, -0.1) is 0 Å². The van der Waals surface area contributed by atoms with Crippen LogP contribution in [0.25, 0.3) is 0 Å². The van der Waals surface area contributed by atoms with Crippen molar-refractivity contribution in [3.05, 3.63) is 144 Å². The Kier molecular flexibility index (Phi) is 13.7. The minimum Gasteiger partial charge on any atom is -0.396 e. The molecule has 0 bridgehead atoms. The van der Waals surface area contributed by atoms with E-state index in [0.29, 0.717) is 39.5 Å². The second-order valence-corrected chi connectivity index (χ2v) is 10.1. The summed E-state index contributed by atoms with van der Waals surface area (Å²) in [5.74, 6) is 0. The fourth-order valence-electron chi connectivity index (χ4n) is 4.77. The molecule has 0 aliphatic heterocycles. The SMILES string of the molecule is CO[C@H](COCc1ccccc1)[C@@H](OCc1ccccc1)[C@@H](OCc1ccccc1)[C@H](CCO)OCc1ccccc1. The van der Waals surface area contributed by atoms with Crippen molar-refractivity contribution in [1.82, 2.24) is 0 Å². The molecule has 1 N–H and O–H groups in total. The summed E-state index contributed by atoms with van der Waals surface area (Å²) >= 11 is 0. The maximum absolute atomic E-state index is 10.1.